The molecule has 0 spiro atoms. The molecule has 0 saturated carbocycles. The lowest BCUT2D eigenvalue weighted by Crippen LogP contribution is -2.33. The number of amides is 1. The molecule has 1 N–H and O–H groups in total. The van der Waals surface area contributed by atoms with Crippen LogP contribution in [0.25, 0.3) is 11.6 Å². The van der Waals surface area contributed by atoms with E-state index < -0.39 is 0 Å². The Balaban J connectivity index is 1.60. The topological polar surface area (TPSA) is 64.1 Å². The number of methoxy groups -OCH3 is 1. The fraction of sp³-hybridized carbons (Fsp3) is 0.240. The molecule has 1 atom stereocenters. The minimum absolute atomic E-state index is 0.0613. The van der Waals surface area contributed by atoms with E-state index in [4.69, 9.17) is 4.74 Å². The molecule has 0 aliphatic carbocycles. The van der Waals surface area contributed by atoms with Crippen molar-refractivity contribution in [3.05, 3.63) is 88.4 Å². The molecule has 6 heteroatoms. The third-order valence-corrected chi connectivity index (χ3v) is 5.68. The molecule has 31 heavy (non-hydrogen) atoms. The summed E-state index contributed by atoms with van der Waals surface area (Å²) in [6.07, 6.45) is 10.1. The predicted octanol–water partition coefficient (Wildman–Crippen LogP) is 5.17. The summed E-state index contributed by atoms with van der Waals surface area (Å²) in [7, 11) is 1.65. The Morgan fingerprint density at radius 3 is 2.71 bits per heavy atom. The van der Waals surface area contributed by atoms with Gasteiger partial charge in [-0.2, -0.15) is 10.2 Å². The lowest BCUT2D eigenvalue weighted by Gasteiger charge is -2.15. The second-order valence-corrected chi connectivity index (χ2v) is 8.12. The van der Waals surface area contributed by atoms with Gasteiger partial charge in [-0.25, -0.2) is 0 Å². The third-order valence-electron chi connectivity index (χ3n) is 4.77. The van der Waals surface area contributed by atoms with Crippen LogP contribution in [-0.2, 0) is 11.2 Å². The number of benzene rings is 1. The Bertz CT molecular complexity index is 997. The quantitative estimate of drug-likeness (QED) is 0.354. The van der Waals surface area contributed by atoms with Crippen LogP contribution in [0.3, 0.4) is 0 Å². The summed E-state index contributed by atoms with van der Waals surface area (Å²) in [6, 6.07) is 15.7. The lowest BCUT2D eigenvalue weighted by atomic mass is 10.1. The maximum absolute atomic E-state index is 13.0. The first-order chi connectivity index (χ1) is 15.2. The number of aryl methyl sites for hydroxylation is 1. The van der Waals surface area contributed by atoms with Gasteiger partial charge in [0.1, 0.15) is 5.75 Å². The van der Waals surface area contributed by atoms with Crippen molar-refractivity contribution in [3.63, 3.8) is 0 Å². The van der Waals surface area contributed by atoms with Crippen LogP contribution in [0, 0.1) is 0 Å². The van der Waals surface area contributed by atoms with Gasteiger partial charge in [-0.15, -0.1) is 11.3 Å². The molecular weight excluding hydrogens is 406 g/mol. The number of aromatic nitrogens is 2. The van der Waals surface area contributed by atoms with E-state index >= 15 is 0 Å². The molecule has 160 valence electrons. The summed E-state index contributed by atoms with van der Waals surface area (Å²) in [5.41, 5.74) is 2.68. The van der Waals surface area contributed by atoms with Crippen molar-refractivity contribution in [2.75, 3.05) is 7.11 Å². The molecule has 3 aromatic rings. The van der Waals surface area contributed by atoms with Gasteiger partial charge in [0.25, 0.3) is 5.91 Å². The summed E-state index contributed by atoms with van der Waals surface area (Å²) in [5, 5.41) is 13.1. The Kier molecular flexibility index (Phi) is 8.55. The molecule has 2 heterocycles. The fourth-order valence-corrected chi connectivity index (χ4v) is 3.85. The summed E-state index contributed by atoms with van der Waals surface area (Å²) in [4.78, 5) is 13.9. The summed E-state index contributed by atoms with van der Waals surface area (Å²) in [6.45, 7) is 2.04. The average Bonchev–Trinajstić information content (AvgIpc) is 3.32. The highest BCUT2D eigenvalue weighted by Gasteiger charge is 2.15. The van der Waals surface area contributed by atoms with E-state index in [0.29, 0.717) is 5.57 Å². The van der Waals surface area contributed by atoms with Gasteiger partial charge in [0.05, 0.1) is 18.4 Å². The van der Waals surface area contributed by atoms with Crippen molar-refractivity contribution in [1.82, 2.24) is 15.5 Å². The number of carbonyl (C=O) groups is 1. The molecule has 0 bridgehead atoms. The van der Waals surface area contributed by atoms with E-state index in [-0.39, 0.29) is 11.9 Å². The number of rotatable bonds is 10. The molecule has 0 unspecified atom stereocenters. The van der Waals surface area contributed by atoms with E-state index in [0.717, 1.165) is 41.1 Å². The molecule has 0 radical (unpaired) electrons. The molecule has 0 aliphatic heterocycles. The second kappa shape index (κ2) is 11.8. The first kappa shape index (κ1) is 22.4. The van der Waals surface area contributed by atoms with Gasteiger partial charge in [0.2, 0.25) is 0 Å². The van der Waals surface area contributed by atoms with Crippen LogP contribution in [0.1, 0.15) is 35.9 Å². The summed E-state index contributed by atoms with van der Waals surface area (Å²) >= 11 is 1.56. The van der Waals surface area contributed by atoms with Crippen LogP contribution >= 0.6 is 11.3 Å². The van der Waals surface area contributed by atoms with Crippen molar-refractivity contribution >= 4 is 28.9 Å². The van der Waals surface area contributed by atoms with Crippen molar-refractivity contribution in [3.8, 4) is 5.75 Å². The van der Waals surface area contributed by atoms with Crippen LogP contribution in [-0.4, -0.2) is 29.3 Å². The number of nitrogens with one attached hydrogen (secondary N) is 1. The van der Waals surface area contributed by atoms with E-state index in [2.05, 4.69) is 15.5 Å². The maximum atomic E-state index is 13.0. The SMILES string of the molecule is COc1ccc(/C=C/C=C(\C(=O)N[C@H](C)CCCc2cccnn2)c2cccs2)cc1. The Hall–Kier alpha value is -3.25. The molecule has 3 rings (SSSR count). The van der Waals surface area contributed by atoms with Crippen LogP contribution in [0.4, 0.5) is 0 Å². The minimum Gasteiger partial charge on any atom is -0.497 e. The predicted molar refractivity (Wildman–Crippen MR) is 127 cm³/mol. The molecule has 0 saturated heterocycles. The molecule has 2 aromatic heterocycles. The molecule has 5 nitrogen and oxygen atoms in total. The zero-order chi connectivity index (χ0) is 21.9. The summed E-state index contributed by atoms with van der Waals surface area (Å²) in [5.74, 6) is 0.758. The Morgan fingerprint density at radius 2 is 2.03 bits per heavy atom. The Labute approximate surface area is 187 Å². The largest absolute Gasteiger partial charge is 0.497 e. The van der Waals surface area contributed by atoms with E-state index in [1.807, 2.05) is 79.1 Å². The monoisotopic (exact) mass is 433 g/mol. The first-order valence-electron chi connectivity index (χ1n) is 10.3. The van der Waals surface area contributed by atoms with Gasteiger partial charge in [-0.3, -0.25) is 4.79 Å². The van der Waals surface area contributed by atoms with Crippen LogP contribution in [0.2, 0.25) is 0 Å². The highest BCUT2D eigenvalue weighted by molar-refractivity contribution is 7.11. The van der Waals surface area contributed by atoms with Crippen molar-refractivity contribution in [2.45, 2.75) is 32.2 Å². The van der Waals surface area contributed by atoms with Crippen LogP contribution in [0.15, 0.2) is 72.3 Å². The third kappa shape index (κ3) is 7.19. The van der Waals surface area contributed by atoms with Gasteiger partial charge in [0, 0.05) is 17.1 Å². The fourth-order valence-electron chi connectivity index (χ4n) is 3.10. The smallest absolute Gasteiger partial charge is 0.252 e. The van der Waals surface area contributed by atoms with Crippen LogP contribution in [0.5, 0.6) is 5.75 Å². The highest BCUT2D eigenvalue weighted by atomic mass is 32.1. The number of allylic oxidation sites excluding steroid dienone is 2. The van der Waals surface area contributed by atoms with Crippen LogP contribution < -0.4 is 10.1 Å². The zero-order valence-corrected chi connectivity index (χ0v) is 18.6. The van der Waals surface area contributed by atoms with E-state index in [1.165, 1.54) is 0 Å². The van der Waals surface area contributed by atoms with Gasteiger partial charge >= 0.3 is 0 Å². The average molecular weight is 434 g/mol. The number of hydrogen-bond donors (Lipinski definition) is 1. The Morgan fingerprint density at radius 1 is 1.19 bits per heavy atom. The number of hydrogen-bond acceptors (Lipinski definition) is 5. The lowest BCUT2D eigenvalue weighted by molar-refractivity contribution is -0.116. The van der Waals surface area contributed by atoms with Crippen molar-refractivity contribution in [1.29, 1.82) is 0 Å². The molecule has 1 amide bonds. The summed E-state index contributed by atoms with van der Waals surface area (Å²) < 4.78 is 5.19. The second-order valence-electron chi connectivity index (χ2n) is 7.17. The molecule has 0 aliphatic rings. The van der Waals surface area contributed by atoms with Gasteiger partial charge in [-0.05, 0) is 73.5 Å². The van der Waals surface area contributed by atoms with Gasteiger partial charge in [0.15, 0.2) is 0 Å². The van der Waals surface area contributed by atoms with E-state index in [1.54, 1.807) is 24.6 Å². The van der Waals surface area contributed by atoms with Crippen molar-refractivity contribution in [2.24, 2.45) is 0 Å². The normalized spacial score (nSPS) is 12.6. The van der Waals surface area contributed by atoms with Gasteiger partial charge in [-0.1, -0.05) is 30.4 Å². The number of ether oxygens (including phenoxy) is 1. The number of carbonyl (C=O) groups excluding carboxylic acids is 1. The number of thiophene rings is 1. The minimum atomic E-state index is -0.0613. The first-order valence-corrected chi connectivity index (χ1v) is 11.2. The van der Waals surface area contributed by atoms with Gasteiger partial charge < -0.3 is 10.1 Å². The molecule has 1 aromatic carbocycles. The standard InChI is InChI=1S/C25H27N3O2S/c1-19(7-3-9-21-10-5-17-26-28-21)27-25(29)23(24-12-6-18-31-24)11-4-8-20-13-15-22(30-2)16-14-20/h4-6,8,10-19H,3,7,9H2,1-2H3,(H,27,29)/b8-4+,23-11-/t19-/m1/s1. The molecule has 0 fully saturated rings. The number of nitrogens with zero attached hydrogens (tertiary/aromatic N) is 2. The zero-order valence-electron chi connectivity index (χ0n) is 17.8. The van der Waals surface area contributed by atoms with Crippen molar-refractivity contribution < 1.29 is 9.53 Å². The van der Waals surface area contributed by atoms with E-state index in [9.17, 15) is 4.79 Å². The molecular formula is C25H27N3O2S. The highest BCUT2D eigenvalue weighted by Crippen LogP contribution is 2.21. The maximum Gasteiger partial charge on any atom is 0.252 e.